The summed E-state index contributed by atoms with van der Waals surface area (Å²) in [6, 6.07) is 2.75. The van der Waals surface area contributed by atoms with E-state index in [4.69, 9.17) is 14.2 Å². The fourth-order valence-corrected chi connectivity index (χ4v) is 6.02. The summed E-state index contributed by atoms with van der Waals surface area (Å²) in [5, 5.41) is 54.2. The SMILES string of the molecule is COc1cccc2c1C(=O)c1c(O)c3c(c(O)c1C2=O)C[C@@](O)(C(=O)CO)C[C@@H]3OC1CC(NOC(=O)C(F)(F)F)C(O)C(C)O1. The first kappa shape index (κ1) is 33.2. The molecule has 0 bridgehead atoms. The average Bonchev–Trinajstić information content (AvgIpc) is 3.00. The number of nitrogens with one attached hydrogen (secondary N) is 1. The first-order valence-corrected chi connectivity index (χ1v) is 13.8. The van der Waals surface area contributed by atoms with Crippen molar-refractivity contribution in [3.8, 4) is 17.2 Å². The molecule has 0 saturated carbocycles. The zero-order chi connectivity index (χ0) is 33.9. The third-order valence-electron chi connectivity index (χ3n) is 8.30. The number of aliphatic hydroxyl groups excluding tert-OH is 2. The zero-order valence-corrected chi connectivity index (χ0v) is 24.1. The number of ketones is 3. The predicted octanol–water partition coefficient (Wildman–Crippen LogP) is 0.653. The Kier molecular flexibility index (Phi) is 8.60. The molecule has 14 nitrogen and oxygen atoms in total. The highest BCUT2D eigenvalue weighted by Gasteiger charge is 2.50. The highest BCUT2D eigenvalue weighted by molar-refractivity contribution is 6.31. The number of alkyl halides is 3. The van der Waals surface area contributed by atoms with Gasteiger partial charge in [-0.3, -0.25) is 14.4 Å². The van der Waals surface area contributed by atoms with Gasteiger partial charge in [0.2, 0.25) is 5.78 Å². The molecule has 0 aromatic heterocycles. The molecule has 2 aromatic rings. The molecule has 3 aliphatic rings. The predicted molar refractivity (Wildman–Crippen MR) is 143 cm³/mol. The minimum absolute atomic E-state index is 0.00162. The quantitative estimate of drug-likeness (QED) is 0.152. The van der Waals surface area contributed by atoms with E-state index in [2.05, 4.69) is 4.84 Å². The van der Waals surface area contributed by atoms with Crippen molar-refractivity contribution >= 4 is 23.3 Å². The van der Waals surface area contributed by atoms with Crippen LogP contribution >= 0.6 is 0 Å². The Morgan fingerprint density at radius 1 is 1.11 bits per heavy atom. The molecular formula is C29H28F3NO13. The molecule has 1 saturated heterocycles. The van der Waals surface area contributed by atoms with E-state index >= 15 is 0 Å². The summed E-state index contributed by atoms with van der Waals surface area (Å²) in [7, 11) is 1.25. The highest BCUT2D eigenvalue weighted by atomic mass is 19.4. The van der Waals surface area contributed by atoms with Gasteiger partial charge in [0.25, 0.3) is 0 Å². The molecule has 1 heterocycles. The van der Waals surface area contributed by atoms with Crippen LogP contribution in [0, 0.1) is 0 Å². The minimum atomic E-state index is -5.35. The van der Waals surface area contributed by atoms with E-state index in [0.717, 1.165) is 0 Å². The van der Waals surface area contributed by atoms with E-state index in [1.165, 1.54) is 32.2 Å². The Morgan fingerprint density at radius 3 is 2.41 bits per heavy atom. The number of ether oxygens (including phenoxy) is 3. The number of carbonyl (C=O) groups is 4. The second kappa shape index (κ2) is 11.9. The summed E-state index contributed by atoms with van der Waals surface area (Å²) in [4.78, 5) is 55.3. The number of rotatable bonds is 7. The maximum absolute atomic E-state index is 13.7. The van der Waals surface area contributed by atoms with E-state index in [9.17, 15) is 57.9 Å². The molecule has 1 aliphatic heterocycles. The lowest BCUT2D eigenvalue weighted by molar-refractivity contribution is -0.260. The van der Waals surface area contributed by atoms with Crippen LogP contribution in [0.3, 0.4) is 0 Å². The summed E-state index contributed by atoms with van der Waals surface area (Å²) >= 11 is 0. The van der Waals surface area contributed by atoms with Crippen molar-refractivity contribution in [2.45, 2.75) is 68.6 Å². The maximum Gasteiger partial charge on any atom is 0.492 e. The number of phenolic OH excluding ortho intramolecular Hbond substituents is 2. The molecule has 17 heteroatoms. The number of hydrogen-bond acceptors (Lipinski definition) is 14. The number of Topliss-reactive ketones (excluding diaryl/α,β-unsaturated/α-hetero) is 1. The van der Waals surface area contributed by atoms with Crippen LogP contribution in [0.25, 0.3) is 0 Å². The monoisotopic (exact) mass is 655 g/mol. The highest BCUT2D eigenvalue weighted by Crippen LogP contribution is 2.52. The maximum atomic E-state index is 13.7. The lowest BCUT2D eigenvalue weighted by Crippen LogP contribution is -2.55. The molecule has 46 heavy (non-hydrogen) atoms. The van der Waals surface area contributed by atoms with Crippen molar-refractivity contribution in [2.75, 3.05) is 13.7 Å². The van der Waals surface area contributed by atoms with Gasteiger partial charge < -0.3 is 44.6 Å². The Balaban J connectivity index is 1.57. The summed E-state index contributed by atoms with van der Waals surface area (Å²) < 4.78 is 54.7. The minimum Gasteiger partial charge on any atom is -0.507 e. The van der Waals surface area contributed by atoms with Crippen LogP contribution in [0.2, 0.25) is 0 Å². The first-order chi connectivity index (χ1) is 21.5. The number of aliphatic hydroxyl groups is 3. The number of halogens is 3. The van der Waals surface area contributed by atoms with Gasteiger partial charge in [-0.2, -0.15) is 13.2 Å². The summed E-state index contributed by atoms with van der Waals surface area (Å²) in [5.74, 6) is -7.16. The molecule has 0 radical (unpaired) electrons. The number of fused-ring (bicyclic) bond motifs is 3. The number of hydrogen-bond donors (Lipinski definition) is 6. The van der Waals surface area contributed by atoms with Crippen molar-refractivity contribution < 1.29 is 76.9 Å². The lowest BCUT2D eigenvalue weighted by Gasteiger charge is -2.42. The molecule has 6 N–H and O–H groups in total. The lowest BCUT2D eigenvalue weighted by atomic mass is 9.72. The summed E-state index contributed by atoms with van der Waals surface area (Å²) in [6.07, 6.45) is -13.0. The Morgan fingerprint density at radius 2 is 1.78 bits per heavy atom. The molecule has 2 aromatic carbocycles. The number of hydroxylamine groups is 1. The first-order valence-electron chi connectivity index (χ1n) is 13.8. The van der Waals surface area contributed by atoms with Gasteiger partial charge in [0, 0.05) is 36.0 Å². The Labute approximate surface area is 257 Å². The van der Waals surface area contributed by atoms with Crippen LogP contribution in [0.1, 0.15) is 68.8 Å². The topological polar surface area (TPSA) is 218 Å². The van der Waals surface area contributed by atoms with Crippen molar-refractivity contribution in [3.63, 3.8) is 0 Å². The van der Waals surface area contributed by atoms with Gasteiger partial charge in [0.1, 0.15) is 29.5 Å². The summed E-state index contributed by atoms with van der Waals surface area (Å²) in [5.41, 5.74) is -2.85. The van der Waals surface area contributed by atoms with E-state index < -0.39 is 114 Å². The van der Waals surface area contributed by atoms with Gasteiger partial charge in [0.15, 0.2) is 17.9 Å². The number of carbonyl (C=O) groups excluding carboxylic acids is 4. The van der Waals surface area contributed by atoms with Crippen LogP contribution in [0.4, 0.5) is 13.2 Å². The van der Waals surface area contributed by atoms with Crippen molar-refractivity contribution in [2.24, 2.45) is 0 Å². The molecule has 248 valence electrons. The van der Waals surface area contributed by atoms with E-state index in [1.54, 1.807) is 0 Å². The second-order valence-electron chi connectivity index (χ2n) is 11.1. The fourth-order valence-electron chi connectivity index (χ4n) is 6.02. The molecule has 1 fully saturated rings. The molecule has 4 unspecified atom stereocenters. The molecule has 2 aliphatic carbocycles. The van der Waals surface area contributed by atoms with Crippen LogP contribution in [-0.2, 0) is 30.3 Å². The molecular weight excluding hydrogens is 627 g/mol. The van der Waals surface area contributed by atoms with Crippen molar-refractivity contribution in [3.05, 3.63) is 51.6 Å². The van der Waals surface area contributed by atoms with Gasteiger partial charge in [-0.15, -0.1) is 5.48 Å². The van der Waals surface area contributed by atoms with Gasteiger partial charge in [-0.1, -0.05) is 12.1 Å². The molecule has 0 spiro atoms. The number of methoxy groups -OCH3 is 1. The van der Waals surface area contributed by atoms with Gasteiger partial charge >= 0.3 is 12.1 Å². The standard InChI is InChI=1S/C29H28F3NO13/c1-10-22(36)13(33-46-27(41)29(30,31)32)6-17(44-10)45-15-8-28(42,16(35)9-34)7-12-19(15)26(40)21-20(24(12)38)23(37)11-4-3-5-14(43-2)18(11)25(21)39/h3-5,10,13,15,17,22,33-34,36,38,40,42H,6-9H2,1-2H3/t10?,13?,15-,17?,22?,28-/m0/s1. The van der Waals surface area contributed by atoms with Crippen LogP contribution in [-0.4, -0.2) is 98.9 Å². The van der Waals surface area contributed by atoms with E-state index in [-0.39, 0.29) is 28.0 Å². The number of phenols is 2. The van der Waals surface area contributed by atoms with Crippen LogP contribution < -0.4 is 10.2 Å². The smallest absolute Gasteiger partial charge is 0.492 e. The molecule has 6 atom stereocenters. The molecule has 0 amide bonds. The van der Waals surface area contributed by atoms with Crippen molar-refractivity contribution in [1.29, 1.82) is 0 Å². The van der Waals surface area contributed by atoms with Crippen LogP contribution in [0.15, 0.2) is 18.2 Å². The third kappa shape index (κ3) is 5.48. The molecule has 5 rings (SSSR count). The number of aromatic hydroxyl groups is 2. The van der Waals surface area contributed by atoms with Gasteiger partial charge in [0.05, 0.1) is 48.2 Å². The number of benzene rings is 2. The normalized spacial score (nSPS) is 27.3. The third-order valence-corrected chi connectivity index (χ3v) is 8.30. The Hall–Kier alpha value is -4.13. The van der Waals surface area contributed by atoms with Gasteiger partial charge in [-0.25, -0.2) is 4.79 Å². The largest absolute Gasteiger partial charge is 0.507 e. The van der Waals surface area contributed by atoms with E-state index in [0.29, 0.717) is 0 Å². The zero-order valence-electron chi connectivity index (χ0n) is 24.1. The second-order valence-corrected chi connectivity index (χ2v) is 11.1. The average molecular weight is 656 g/mol. The summed E-state index contributed by atoms with van der Waals surface area (Å²) in [6.45, 7) is 0.163. The fraction of sp³-hybridized carbons (Fsp3) is 0.448. The van der Waals surface area contributed by atoms with E-state index in [1.807, 2.05) is 5.48 Å². The Bertz CT molecular complexity index is 1630. The van der Waals surface area contributed by atoms with Crippen molar-refractivity contribution in [1.82, 2.24) is 5.48 Å². The van der Waals surface area contributed by atoms with Crippen LogP contribution in [0.5, 0.6) is 17.2 Å². The van der Waals surface area contributed by atoms with Gasteiger partial charge in [-0.05, 0) is 13.0 Å².